The van der Waals surface area contributed by atoms with Crippen LogP contribution in [0.15, 0.2) is 65.4 Å². The molecule has 5 heteroatoms. The highest BCUT2D eigenvalue weighted by molar-refractivity contribution is 5.99. The van der Waals surface area contributed by atoms with Gasteiger partial charge in [-0.2, -0.15) is 0 Å². The third kappa shape index (κ3) is 3.87. The number of benzene rings is 2. The molecular weight excluding hydrogens is 338 g/mol. The molecule has 1 saturated heterocycles. The van der Waals surface area contributed by atoms with Crippen LogP contribution in [0.3, 0.4) is 0 Å². The number of aryl methyl sites for hydroxylation is 1. The zero-order valence-corrected chi connectivity index (χ0v) is 15.4. The molecule has 0 aliphatic carbocycles. The number of anilines is 1. The lowest BCUT2D eigenvalue weighted by molar-refractivity contribution is 0.0931. The molecule has 3 aromatic rings. The third-order valence-electron chi connectivity index (χ3n) is 5.06. The van der Waals surface area contributed by atoms with Crippen LogP contribution in [-0.4, -0.2) is 30.2 Å². The number of aromatic nitrogens is 1. The van der Waals surface area contributed by atoms with Crippen molar-refractivity contribution in [3.05, 3.63) is 72.0 Å². The Morgan fingerprint density at radius 2 is 1.89 bits per heavy atom. The Labute approximate surface area is 159 Å². The highest BCUT2D eigenvalue weighted by Gasteiger charge is 2.24. The summed E-state index contributed by atoms with van der Waals surface area (Å²) >= 11 is 0. The molecule has 1 aliphatic rings. The smallest absolute Gasteiger partial charge is 0.257 e. The van der Waals surface area contributed by atoms with Gasteiger partial charge in [0.05, 0.1) is 0 Å². The quantitative estimate of drug-likeness (QED) is 0.762. The maximum atomic E-state index is 12.7. The van der Waals surface area contributed by atoms with E-state index in [4.69, 9.17) is 4.52 Å². The van der Waals surface area contributed by atoms with Gasteiger partial charge in [-0.15, -0.1) is 0 Å². The topological polar surface area (TPSA) is 58.4 Å². The van der Waals surface area contributed by atoms with Gasteiger partial charge in [-0.25, -0.2) is 0 Å². The second-order valence-electron chi connectivity index (χ2n) is 7.02. The fraction of sp³-hybridized carbons (Fsp3) is 0.273. The number of carbonyl (C=O) groups is 1. The summed E-state index contributed by atoms with van der Waals surface area (Å²) in [5, 5.41) is 7.17. The lowest BCUT2D eigenvalue weighted by Crippen LogP contribution is -2.44. The van der Waals surface area contributed by atoms with E-state index in [9.17, 15) is 4.79 Å². The molecular formula is C22H23N3O2. The second-order valence-corrected chi connectivity index (χ2v) is 7.02. The molecule has 2 aromatic carbocycles. The van der Waals surface area contributed by atoms with E-state index < -0.39 is 0 Å². The van der Waals surface area contributed by atoms with Gasteiger partial charge in [0, 0.05) is 30.4 Å². The first kappa shape index (κ1) is 17.3. The zero-order valence-electron chi connectivity index (χ0n) is 15.4. The van der Waals surface area contributed by atoms with E-state index in [0.29, 0.717) is 11.3 Å². The Morgan fingerprint density at radius 3 is 2.63 bits per heavy atom. The highest BCUT2D eigenvalue weighted by atomic mass is 16.5. The van der Waals surface area contributed by atoms with Crippen molar-refractivity contribution < 1.29 is 9.32 Å². The van der Waals surface area contributed by atoms with Crippen molar-refractivity contribution in [3.63, 3.8) is 0 Å². The van der Waals surface area contributed by atoms with E-state index in [1.807, 2.05) is 30.3 Å². The number of nitrogens with zero attached hydrogens (tertiary/aromatic N) is 2. The van der Waals surface area contributed by atoms with Crippen molar-refractivity contribution >= 4 is 11.6 Å². The fourth-order valence-electron chi connectivity index (χ4n) is 3.57. The number of piperidine rings is 1. The summed E-state index contributed by atoms with van der Waals surface area (Å²) in [6, 6.07) is 18.4. The molecule has 0 spiro atoms. The molecule has 1 aromatic heterocycles. The predicted octanol–water partition coefficient (Wildman–Crippen LogP) is 4.05. The normalized spacial score (nSPS) is 14.9. The summed E-state index contributed by atoms with van der Waals surface area (Å²) in [6.07, 6.45) is 3.27. The SMILES string of the molecule is Cc1cccc(N2CCC(NC(=O)c3conc3-c3ccccc3)CC2)c1. The first-order chi connectivity index (χ1) is 13.2. The summed E-state index contributed by atoms with van der Waals surface area (Å²) in [7, 11) is 0. The average Bonchev–Trinajstić information content (AvgIpc) is 3.19. The number of rotatable bonds is 4. The molecule has 5 nitrogen and oxygen atoms in total. The van der Waals surface area contributed by atoms with Crippen LogP contribution in [0, 0.1) is 6.92 Å². The van der Waals surface area contributed by atoms with Crippen LogP contribution < -0.4 is 10.2 Å². The molecule has 138 valence electrons. The van der Waals surface area contributed by atoms with E-state index in [1.54, 1.807) is 0 Å². The van der Waals surface area contributed by atoms with Crippen LogP contribution >= 0.6 is 0 Å². The van der Waals surface area contributed by atoms with E-state index in [1.165, 1.54) is 17.5 Å². The lowest BCUT2D eigenvalue weighted by Gasteiger charge is -2.34. The van der Waals surface area contributed by atoms with Gasteiger partial charge in [-0.3, -0.25) is 4.79 Å². The summed E-state index contributed by atoms with van der Waals surface area (Å²) < 4.78 is 5.08. The Hall–Kier alpha value is -3.08. The third-order valence-corrected chi connectivity index (χ3v) is 5.06. The van der Waals surface area contributed by atoms with Crippen LogP contribution in [0.25, 0.3) is 11.3 Å². The minimum Gasteiger partial charge on any atom is -0.371 e. The van der Waals surface area contributed by atoms with Gasteiger partial charge in [-0.1, -0.05) is 47.6 Å². The number of carbonyl (C=O) groups excluding carboxylic acids is 1. The Kier molecular flexibility index (Phi) is 4.92. The largest absolute Gasteiger partial charge is 0.371 e. The molecule has 1 N–H and O–H groups in total. The van der Waals surface area contributed by atoms with E-state index >= 15 is 0 Å². The van der Waals surface area contributed by atoms with Crippen molar-refractivity contribution in [2.24, 2.45) is 0 Å². The van der Waals surface area contributed by atoms with Gasteiger partial charge in [-0.05, 0) is 37.5 Å². The van der Waals surface area contributed by atoms with Crippen LogP contribution in [0.5, 0.6) is 0 Å². The monoisotopic (exact) mass is 361 g/mol. The van der Waals surface area contributed by atoms with E-state index in [2.05, 4.69) is 46.6 Å². The van der Waals surface area contributed by atoms with Crippen LogP contribution in [0.2, 0.25) is 0 Å². The molecule has 1 fully saturated rings. The van der Waals surface area contributed by atoms with Gasteiger partial charge < -0.3 is 14.7 Å². The molecule has 2 heterocycles. The number of hydrogen-bond acceptors (Lipinski definition) is 4. The van der Waals surface area contributed by atoms with Crippen LogP contribution in [0.4, 0.5) is 5.69 Å². The molecule has 0 atom stereocenters. The second kappa shape index (κ2) is 7.66. The molecule has 0 unspecified atom stereocenters. The maximum absolute atomic E-state index is 12.7. The number of nitrogens with one attached hydrogen (secondary N) is 1. The summed E-state index contributed by atoms with van der Waals surface area (Å²) in [5.41, 5.74) is 4.48. The van der Waals surface area contributed by atoms with Gasteiger partial charge in [0.15, 0.2) is 0 Å². The molecule has 1 aliphatic heterocycles. The predicted molar refractivity (Wildman–Crippen MR) is 106 cm³/mol. The van der Waals surface area contributed by atoms with Crippen molar-refractivity contribution in [1.29, 1.82) is 0 Å². The van der Waals surface area contributed by atoms with Gasteiger partial charge in [0.25, 0.3) is 5.91 Å². The number of hydrogen-bond donors (Lipinski definition) is 1. The molecule has 27 heavy (non-hydrogen) atoms. The van der Waals surface area contributed by atoms with Crippen molar-refractivity contribution in [1.82, 2.24) is 10.5 Å². The minimum absolute atomic E-state index is 0.121. The fourth-order valence-corrected chi connectivity index (χ4v) is 3.57. The first-order valence-corrected chi connectivity index (χ1v) is 9.33. The summed E-state index contributed by atoms with van der Waals surface area (Å²) in [6.45, 7) is 3.98. The standard InChI is InChI=1S/C22H23N3O2/c1-16-6-5-9-19(14-16)25-12-10-18(11-13-25)23-22(26)20-15-27-24-21(20)17-7-3-2-4-8-17/h2-9,14-15,18H,10-13H2,1H3,(H,23,26). The first-order valence-electron chi connectivity index (χ1n) is 9.33. The van der Waals surface area contributed by atoms with E-state index in [-0.39, 0.29) is 11.9 Å². The highest BCUT2D eigenvalue weighted by Crippen LogP contribution is 2.24. The Bertz CT molecular complexity index is 912. The Morgan fingerprint density at radius 1 is 1.11 bits per heavy atom. The van der Waals surface area contributed by atoms with Gasteiger partial charge in [0.2, 0.25) is 0 Å². The van der Waals surface area contributed by atoms with Crippen LogP contribution in [0.1, 0.15) is 28.8 Å². The minimum atomic E-state index is -0.121. The molecule has 4 rings (SSSR count). The molecule has 1 amide bonds. The van der Waals surface area contributed by atoms with Crippen molar-refractivity contribution in [2.75, 3.05) is 18.0 Å². The van der Waals surface area contributed by atoms with E-state index in [0.717, 1.165) is 31.5 Å². The molecule has 0 saturated carbocycles. The molecule has 0 bridgehead atoms. The van der Waals surface area contributed by atoms with Crippen molar-refractivity contribution in [2.45, 2.75) is 25.8 Å². The van der Waals surface area contributed by atoms with Gasteiger partial charge >= 0.3 is 0 Å². The average molecular weight is 361 g/mol. The van der Waals surface area contributed by atoms with Crippen molar-refractivity contribution in [3.8, 4) is 11.3 Å². The number of amides is 1. The van der Waals surface area contributed by atoms with Crippen LogP contribution in [-0.2, 0) is 0 Å². The Balaban J connectivity index is 1.39. The lowest BCUT2D eigenvalue weighted by atomic mass is 10.0. The molecule has 0 radical (unpaired) electrons. The maximum Gasteiger partial charge on any atom is 0.257 e. The zero-order chi connectivity index (χ0) is 18.6. The summed E-state index contributed by atoms with van der Waals surface area (Å²) in [5.74, 6) is -0.121. The summed E-state index contributed by atoms with van der Waals surface area (Å²) in [4.78, 5) is 15.1. The van der Waals surface area contributed by atoms with Gasteiger partial charge in [0.1, 0.15) is 17.5 Å².